The Morgan fingerprint density at radius 2 is 1.48 bits per heavy atom. The van der Waals surface area contributed by atoms with Gasteiger partial charge in [0.2, 0.25) is 0 Å². The van der Waals surface area contributed by atoms with Crippen molar-refractivity contribution in [2.45, 2.75) is 52.1 Å². The molecular weight excluding hydrogens is 256 g/mol. The quantitative estimate of drug-likeness (QED) is 0.532. The average molecular weight is 282 g/mol. The summed E-state index contributed by atoms with van der Waals surface area (Å²) in [5, 5.41) is 0. The maximum atomic E-state index is 5.99. The van der Waals surface area contributed by atoms with E-state index in [0.717, 1.165) is 12.2 Å². The van der Waals surface area contributed by atoms with Crippen LogP contribution in [0.3, 0.4) is 0 Å². The highest BCUT2D eigenvalue weighted by molar-refractivity contribution is 5.63. The Balaban J connectivity index is 1.85. The summed E-state index contributed by atoms with van der Waals surface area (Å²) in [4.78, 5) is 0. The first-order chi connectivity index (χ1) is 10.3. The molecule has 0 saturated carbocycles. The monoisotopic (exact) mass is 282 g/mol. The molecule has 0 radical (unpaired) electrons. The first-order valence-electron chi connectivity index (χ1n) is 8.11. The molecule has 2 aromatic carbocycles. The van der Waals surface area contributed by atoms with Crippen molar-refractivity contribution in [3.8, 4) is 16.9 Å². The number of rotatable bonds is 8. The van der Waals surface area contributed by atoms with Gasteiger partial charge in [-0.3, -0.25) is 0 Å². The highest BCUT2D eigenvalue weighted by Gasteiger charge is 2.04. The molecular formula is C20H26O. The first kappa shape index (κ1) is 15.6. The fraction of sp³-hybridized carbons (Fsp3) is 0.400. The summed E-state index contributed by atoms with van der Waals surface area (Å²) in [7, 11) is 0. The van der Waals surface area contributed by atoms with Crippen LogP contribution < -0.4 is 4.74 Å². The van der Waals surface area contributed by atoms with Crippen molar-refractivity contribution in [1.82, 2.24) is 0 Å². The predicted molar refractivity (Wildman–Crippen MR) is 90.7 cm³/mol. The van der Waals surface area contributed by atoms with Crippen LogP contribution in [0.25, 0.3) is 11.1 Å². The van der Waals surface area contributed by atoms with E-state index in [-0.39, 0.29) is 0 Å². The smallest absolute Gasteiger partial charge is 0.119 e. The van der Waals surface area contributed by atoms with Crippen LogP contribution in [0, 0.1) is 0 Å². The molecule has 0 aliphatic carbocycles. The highest BCUT2D eigenvalue weighted by atomic mass is 16.5. The minimum absolute atomic E-state index is 0.296. The fourth-order valence-corrected chi connectivity index (χ4v) is 2.51. The van der Waals surface area contributed by atoms with Crippen molar-refractivity contribution in [2.24, 2.45) is 0 Å². The van der Waals surface area contributed by atoms with Crippen LogP contribution in [0.2, 0.25) is 0 Å². The molecule has 1 atom stereocenters. The summed E-state index contributed by atoms with van der Waals surface area (Å²) < 4.78 is 5.99. The number of ether oxygens (including phenoxy) is 1. The summed E-state index contributed by atoms with van der Waals surface area (Å²) in [5.41, 5.74) is 2.48. The van der Waals surface area contributed by atoms with Gasteiger partial charge >= 0.3 is 0 Å². The molecule has 2 aromatic rings. The average Bonchev–Trinajstić information content (AvgIpc) is 2.53. The molecule has 0 aromatic heterocycles. The second-order valence-electron chi connectivity index (χ2n) is 5.67. The van der Waals surface area contributed by atoms with E-state index in [2.05, 4.69) is 62.4 Å². The number of hydrogen-bond donors (Lipinski definition) is 0. The second-order valence-corrected chi connectivity index (χ2v) is 5.67. The third-order valence-corrected chi connectivity index (χ3v) is 3.76. The van der Waals surface area contributed by atoms with E-state index in [0.29, 0.717) is 6.10 Å². The molecule has 0 amide bonds. The van der Waals surface area contributed by atoms with Gasteiger partial charge in [0.15, 0.2) is 0 Å². The summed E-state index contributed by atoms with van der Waals surface area (Å²) in [6.07, 6.45) is 6.63. The molecule has 0 spiro atoms. The molecule has 0 fully saturated rings. The van der Waals surface area contributed by atoms with Gasteiger partial charge in [-0.15, -0.1) is 0 Å². The van der Waals surface area contributed by atoms with E-state index in [9.17, 15) is 0 Å². The molecule has 0 aliphatic rings. The van der Waals surface area contributed by atoms with Gasteiger partial charge in [-0.05, 0) is 43.0 Å². The van der Waals surface area contributed by atoms with Gasteiger partial charge in [-0.25, -0.2) is 0 Å². The van der Waals surface area contributed by atoms with Crippen molar-refractivity contribution < 1.29 is 4.74 Å². The predicted octanol–water partition coefficient (Wildman–Crippen LogP) is 6.09. The molecule has 1 heteroatoms. The summed E-state index contributed by atoms with van der Waals surface area (Å²) in [5.74, 6) is 0.970. The summed E-state index contributed by atoms with van der Waals surface area (Å²) >= 11 is 0. The molecule has 0 N–H and O–H groups in total. The lowest BCUT2D eigenvalue weighted by molar-refractivity contribution is 0.206. The molecule has 0 aliphatic heterocycles. The third-order valence-electron chi connectivity index (χ3n) is 3.76. The SMILES string of the molecule is CCCCCC[C@H](C)Oc1ccc(-c2ccccc2)cc1. The van der Waals surface area contributed by atoms with Crippen LogP contribution in [0.4, 0.5) is 0 Å². The Morgan fingerprint density at radius 3 is 2.14 bits per heavy atom. The van der Waals surface area contributed by atoms with E-state index in [1.165, 1.54) is 36.8 Å². The largest absolute Gasteiger partial charge is 0.491 e. The Labute approximate surface area is 129 Å². The van der Waals surface area contributed by atoms with Crippen LogP contribution in [0.1, 0.15) is 46.0 Å². The van der Waals surface area contributed by atoms with E-state index in [1.54, 1.807) is 0 Å². The highest BCUT2D eigenvalue weighted by Crippen LogP contribution is 2.23. The fourth-order valence-electron chi connectivity index (χ4n) is 2.51. The molecule has 0 bridgehead atoms. The lowest BCUT2D eigenvalue weighted by Crippen LogP contribution is -2.11. The second kappa shape index (κ2) is 8.51. The van der Waals surface area contributed by atoms with Crippen molar-refractivity contribution in [2.75, 3.05) is 0 Å². The lowest BCUT2D eigenvalue weighted by Gasteiger charge is -2.15. The number of benzene rings is 2. The van der Waals surface area contributed by atoms with E-state index in [1.807, 2.05) is 6.07 Å². The molecule has 2 rings (SSSR count). The minimum atomic E-state index is 0.296. The van der Waals surface area contributed by atoms with Gasteiger partial charge in [0.1, 0.15) is 5.75 Å². The van der Waals surface area contributed by atoms with Crippen molar-refractivity contribution in [3.05, 3.63) is 54.6 Å². The van der Waals surface area contributed by atoms with Crippen LogP contribution in [0.15, 0.2) is 54.6 Å². The molecule has 0 heterocycles. The Bertz CT molecular complexity index is 501. The maximum Gasteiger partial charge on any atom is 0.119 e. The van der Waals surface area contributed by atoms with Gasteiger partial charge in [-0.1, -0.05) is 68.7 Å². The zero-order valence-corrected chi connectivity index (χ0v) is 13.2. The van der Waals surface area contributed by atoms with E-state index >= 15 is 0 Å². The van der Waals surface area contributed by atoms with Crippen LogP contribution in [0.5, 0.6) is 5.75 Å². The van der Waals surface area contributed by atoms with Gasteiger partial charge < -0.3 is 4.74 Å². The minimum Gasteiger partial charge on any atom is -0.491 e. The van der Waals surface area contributed by atoms with Crippen molar-refractivity contribution in [3.63, 3.8) is 0 Å². The third kappa shape index (κ3) is 5.26. The van der Waals surface area contributed by atoms with Crippen molar-refractivity contribution >= 4 is 0 Å². The van der Waals surface area contributed by atoms with Gasteiger partial charge in [0.25, 0.3) is 0 Å². The van der Waals surface area contributed by atoms with E-state index in [4.69, 9.17) is 4.74 Å². The Hall–Kier alpha value is -1.76. The van der Waals surface area contributed by atoms with Gasteiger partial charge in [-0.2, -0.15) is 0 Å². The van der Waals surface area contributed by atoms with Crippen LogP contribution >= 0.6 is 0 Å². The lowest BCUT2D eigenvalue weighted by atomic mass is 10.1. The van der Waals surface area contributed by atoms with E-state index < -0.39 is 0 Å². The molecule has 0 saturated heterocycles. The van der Waals surface area contributed by atoms with Crippen LogP contribution in [-0.4, -0.2) is 6.10 Å². The molecule has 0 unspecified atom stereocenters. The molecule has 1 nitrogen and oxygen atoms in total. The van der Waals surface area contributed by atoms with Crippen molar-refractivity contribution in [1.29, 1.82) is 0 Å². The number of unbranched alkanes of at least 4 members (excludes halogenated alkanes) is 3. The molecule has 112 valence electrons. The normalized spacial score (nSPS) is 12.1. The standard InChI is InChI=1S/C20H26O/c1-3-4-5-7-10-17(2)21-20-15-13-19(14-16-20)18-11-8-6-9-12-18/h6,8-9,11-17H,3-5,7,10H2,1-2H3/t17-/m0/s1. The van der Waals surface area contributed by atoms with Gasteiger partial charge in [0.05, 0.1) is 6.10 Å². The number of hydrogen-bond acceptors (Lipinski definition) is 1. The van der Waals surface area contributed by atoms with Gasteiger partial charge in [0, 0.05) is 0 Å². The van der Waals surface area contributed by atoms with Crippen LogP contribution in [-0.2, 0) is 0 Å². The summed E-state index contributed by atoms with van der Waals surface area (Å²) in [6.45, 7) is 4.41. The first-order valence-corrected chi connectivity index (χ1v) is 8.11. The Morgan fingerprint density at radius 1 is 0.810 bits per heavy atom. The Kier molecular flexibility index (Phi) is 6.33. The maximum absolute atomic E-state index is 5.99. The molecule has 21 heavy (non-hydrogen) atoms. The zero-order chi connectivity index (χ0) is 14.9. The zero-order valence-electron chi connectivity index (χ0n) is 13.2. The topological polar surface area (TPSA) is 9.23 Å². The summed E-state index contributed by atoms with van der Waals surface area (Å²) in [6, 6.07) is 18.9.